The second-order valence-electron chi connectivity index (χ2n) is 6.85. The van der Waals surface area contributed by atoms with E-state index in [2.05, 4.69) is 10.6 Å². The minimum absolute atomic E-state index is 0.164. The summed E-state index contributed by atoms with van der Waals surface area (Å²) in [7, 11) is 4.43. The van der Waals surface area contributed by atoms with E-state index in [0.717, 1.165) is 11.3 Å². The van der Waals surface area contributed by atoms with Crippen LogP contribution in [-0.4, -0.2) is 45.8 Å². The molecule has 0 fully saturated rings. The predicted octanol–water partition coefficient (Wildman–Crippen LogP) is 2.47. The van der Waals surface area contributed by atoms with Crippen molar-refractivity contribution in [1.29, 1.82) is 0 Å². The maximum Gasteiger partial charge on any atom is 0.252 e. The number of hydrogen-bond acceptors (Lipinski definition) is 6. The lowest BCUT2D eigenvalue weighted by molar-refractivity contribution is -0.123. The van der Waals surface area contributed by atoms with Crippen LogP contribution >= 0.6 is 0 Å². The highest BCUT2D eigenvalue weighted by molar-refractivity contribution is 5.98. The summed E-state index contributed by atoms with van der Waals surface area (Å²) in [4.78, 5) is 25.4. The molecule has 0 aromatic heterocycles. The molecule has 2 atom stereocenters. The number of rotatable bonds is 7. The summed E-state index contributed by atoms with van der Waals surface area (Å²) in [5, 5.41) is 5.71. The Morgan fingerprint density at radius 2 is 1.73 bits per heavy atom. The van der Waals surface area contributed by atoms with E-state index in [9.17, 15) is 9.59 Å². The summed E-state index contributed by atoms with van der Waals surface area (Å²) in [5.41, 5.74) is 1.22. The monoisotopic (exact) mass is 414 g/mol. The zero-order valence-corrected chi connectivity index (χ0v) is 17.5. The molecule has 0 spiro atoms. The van der Waals surface area contributed by atoms with Crippen molar-refractivity contribution in [2.45, 2.75) is 25.4 Å². The van der Waals surface area contributed by atoms with E-state index < -0.39 is 11.9 Å². The summed E-state index contributed by atoms with van der Waals surface area (Å²) >= 11 is 0. The van der Waals surface area contributed by atoms with Crippen molar-refractivity contribution in [2.75, 3.05) is 27.9 Å². The van der Waals surface area contributed by atoms with Crippen molar-refractivity contribution < 1.29 is 28.5 Å². The minimum atomic E-state index is -0.744. The Hall–Kier alpha value is -3.42. The van der Waals surface area contributed by atoms with Gasteiger partial charge in [0.05, 0.1) is 34.0 Å². The van der Waals surface area contributed by atoms with Crippen LogP contribution in [0.4, 0.5) is 0 Å². The van der Waals surface area contributed by atoms with Crippen LogP contribution in [0.5, 0.6) is 23.0 Å². The predicted molar refractivity (Wildman–Crippen MR) is 110 cm³/mol. The molecule has 3 rings (SSSR count). The number of para-hydroxylation sites is 1. The molecule has 2 aromatic rings. The molecule has 160 valence electrons. The maximum absolute atomic E-state index is 12.7. The lowest BCUT2D eigenvalue weighted by atomic mass is 10.0. The van der Waals surface area contributed by atoms with Gasteiger partial charge in [-0.05, 0) is 25.1 Å². The van der Waals surface area contributed by atoms with Gasteiger partial charge in [-0.2, -0.15) is 0 Å². The lowest BCUT2D eigenvalue weighted by Crippen LogP contribution is -2.46. The SMILES string of the molecule is COc1cc(C(=O)N[C@@H](C)C(=O)N[C@@H]2CCOc3ccccc32)cc(OC)c1OC. The third-order valence-electron chi connectivity index (χ3n) is 4.94. The molecule has 2 aromatic carbocycles. The Morgan fingerprint density at radius 1 is 1.07 bits per heavy atom. The molecule has 30 heavy (non-hydrogen) atoms. The van der Waals surface area contributed by atoms with Crippen LogP contribution < -0.4 is 29.6 Å². The van der Waals surface area contributed by atoms with E-state index in [-0.39, 0.29) is 11.9 Å². The number of ether oxygens (including phenoxy) is 4. The fraction of sp³-hybridized carbons (Fsp3) is 0.364. The second kappa shape index (κ2) is 9.39. The van der Waals surface area contributed by atoms with Crippen molar-refractivity contribution in [3.05, 3.63) is 47.5 Å². The van der Waals surface area contributed by atoms with Crippen molar-refractivity contribution >= 4 is 11.8 Å². The topological polar surface area (TPSA) is 95.1 Å². The van der Waals surface area contributed by atoms with Gasteiger partial charge in [0, 0.05) is 17.5 Å². The minimum Gasteiger partial charge on any atom is -0.493 e. The first-order valence-corrected chi connectivity index (χ1v) is 9.61. The fourth-order valence-electron chi connectivity index (χ4n) is 3.35. The first-order chi connectivity index (χ1) is 14.5. The Balaban J connectivity index is 1.69. The van der Waals surface area contributed by atoms with E-state index in [1.165, 1.54) is 33.5 Å². The van der Waals surface area contributed by atoms with Crippen LogP contribution in [0.3, 0.4) is 0 Å². The fourth-order valence-corrected chi connectivity index (χ4v) is 3.35. The average Bonchev–Trinajstić information content (AvgIpc) is 2.78. The van der Waals surface area contributed by atoms with Gasteiger partial charge in [0.2, 0.25) is 11.7 Å². The molecular weight excluding hydrogens is 388 g/mol. The number of amides is 2. The standard InChI is InChI=1S/C22H26N2O6/c1-13(21(25)24-16-9-10-30-17-8-6-5-7-15(16)17)23-22(26)14-11-18(27-2)20(29-4)19(12-14)28-3/h5-8,11-13,16H,9-10H2,1-4H3,(H,23,26)(H,24,25)/t13-,16+/m0/s1. The van der Waals surface area contributed by atoms with Gasteiger partial charge in [0.25, 0.3) is 5.91 Å². The van der Waals surface area contributed by atoms with Crippen LogP contribution in [0.2, 0.25) is 0 Å². The smallest absolute Gasteiger partial charge is 0.252 e. The molecule has 1 aliphatic heterocycles. The number of methoxy groups -OCH3 is 3. The molecule has 1 heterocycles. The van der Waals surface area contributed by atoms with E-state index in [0.29, 0.717) is 35.8 Å². The van der Waals surface area contributed by atoms with Gasteiger partial charge in [-0.25, -0.2) is 0 Å². The lowest BCUT2D eigenvalue weighted by Gasteiger charge is -2.27. The number of nitrogens with one attached hydrogen (secondary N) is 2. The largest absolute Gasteiger partial charge is 0.493 e. The summed E-state index contributed by atoms with van der Waals surface area (Å²) in [6.45, 7) is 2.16. The molecule has 8 heteroatoms. The molecule has 0 saturated heterocycles. The quantitative estimate of drug-likeness (QED) is 0.723. The molecule has 0 aliphatic carbocycles. The van der Waals surface area contributed by atoms with E-state index in [1.807, 2.05) is 24.3 Å². The van der Waals surface area contributed by atoms with Crippen LogP contribution in [0.1, 0.15) is 35.3 Å². The molecular formula is C22H26N2O6. The molecule has 2 amide bonds. The van der Waals surface area contributed by atoms with E-state index >= 15 is 0 Å². The van der Waals surface area contributed by atoms with Crippen LogP contribution in [0, 0.1) is 0 Å². The van der Waals surface area contributed by atoms with Crippen LogP contribution in [0.25, 0.3) is 0 Å². The number of carbonyl (C=O) groups is 2. The highest BCUT2D eigenvalue weighted by Gasteiger charge is 2.26. The maximum atomic E-state index is 12.7. The third-order valence-corrected chi connectivity index (χ3v) is 4.94. The Morgan fingerprint density at radius 3 is 2.37 bits per heavy atom. The van der Waals surface area contributed by atoms with Crippen molar-refractivity contribution in [3.8, 4) is 23.0 Å². The summed E-state index contributed by atoms with van der Waals surface area (Å²) < 4.78 is 21.5. The highest BCUT2D eigenvalue weighted by Crippen LogP contribution is 2.38. The molecule has 8 nitrogen and oxygen atoms in total. The first kappa shape index (κ1) is 21.3. The van der Waals surface area contributed by atoms with Gasteiger partial charge in [-0.1, -0.05) is 18.2 Å². The molecule has 1 aliphatic rings. The molecule has 0 unspecified atom stereocenters. The highest BCUT2D eigenvalue weighted by atomic mass is 16.5. The van der Waals surface area contributed by atoms with Gasteiger partial charge in [-0.3, -0.25) is 9.59 Å². The Labute approximate surface area is 175 Å². The normalized spacial score (nSPS) is 15.8. The van der Waals surface area contributed by atoms with Crippen molar-refractivity contribution in [3.63, 3.8) is 0 Å². The number of carbonyl (C=O) groups excluding carboxylic acids is 2. The molecule has 0 radical (unpaired) electrons. The molecule has 0 bridgehead atoms. The number of fused-ring (bicyclic) bond motifs is 1. The average molecular weight is 414 g/mol. The zero-order chi connectivity index (χ0) is 21.7. The Bertz CT molecular complexity index is 905. The van der Waals surface area contributed by atoms with E-state index in [4.69, 9.17) is 18.9 Å². The van der Waals surface area contributed by atoms with Gasteiger partial charge in [-0.15, -0.1) is 0 Å². The second-order valence-corrected chi connectivity index (χ2v) is 6.85. The van der Waals surface area contributed by atoms with Crippen LogP contribution in [0.15, 0.2) is 36.4 Å². The van der Waals surface area contributed by atoms with Gasteiger partial charge >= 0.3 is 0 Å². The van der Waals surface area contributed by atoms with Gasteiger partial charge < -0.3 is 29.6 Å². The van der Waals surface area contributed by atoms with Gasteiger partial charge in [0.1, 0.15) is 11.8 Å². The summed E-state index contributed by atoms with van der Waals surface area (Å²) in [5.74, 6) is 1.17. The number of hydrogen-bond donors (Lipinski definition) is 2. The van der Waals surface area contributed by atoms with Crippen molar-refractivity contribution in [2.24, 2.45) is 0 Å². The number of benzene rings is 2. The Kier molecular flexibility index (Phi) is 6.66. The summed E-state index contributed by atoms with van der Waals surface area (Å²) in [6.07, 6.45) is 0.663. The van der Waals surface area contributed by atoms with Crippen molar-refractivity contribution in [1.82, 2.24) is 10.6 Å². The zero-order valence-electron chi connectivity index (χ0n) is 17.5. The van der Waals surface area contributed by atoms with Gasteiger partial charge in [0.15, 0.2) is 11.5 Å². The van der Waals surface area contributed by atoms with E-state index in [1.54, 1.807) is 6.92 Å². The van der Waals surface area contributed by atoms with Crippen LogP contribution in [-0.2, 0) is 4.79 Å². The first-order valence-electron chi connectivity index (χ1n) is 9.61. The molecule has 2 N–H and O–H groups in total. The molecule has 0 saturated carbocycles. The third kappa shape index (κ3) is 4.42. The summed E-state index contributed by atoms with van der Waals surface area (Å²) in [6, 6.07) is 9.77.